The number of nitro benzene ring substituents is 1. The van der Waals surface area contributed by atoms with Crippen molar-refractivity contribution in [3.8, 4) is 0 Å². The number of para-hydroxylation sites is 1. The number of amides is 1. The Morgan fingerprint density at radius 2 is 1.64 bits per heavy atom. The first-order valence-corrected chi connectivity index (χ1v) is 9.63. The molecule has 3 rings (SSSR count). The van der Waals surface area contributed by atoms with Crippen LogP contribution in [0.5, 0.6) is 0 Å². The van der Waals surface area contributed by atoms with Gasteiger partial charge in [-0.2, -0.15) is 4.31 Å². The molecule has 1 saturated heterocycles. The van der Waals surface area contributed by atoms with Crippen LogP contribution in [-0.4, -0.2) is 54.6 Å². The minimum atomic E-state index is -4.12. The Morgan fingerprint density at radius 1 is 1.00 bits per heavy atom. The summed E-state index contributed by atoms with van der Waals surface area (Å²) >= 11 is 0. The second-order valence-corrected chi connectivity index (χ2v) is 7.96. The van der Waals surface area contributed by atoms with Crippen LogP contribution in [0, 0.1) is 21.7 Å². The fraction of sp³-hybridized carbons (Fsp3) is 0.235. The topological polar surface area (TPSA) is 101 Å². The van der Waals surface area contributed by atoms with Crippen molar-refractivity contribution < 1.29 is 26.9 Å². The van der Waals surface area contributed by atoms with Crippen LogP contribution in [0.25, 0.3) is 0 Å². The zero-order valence-corrected chi connectivity index (χ0v) is 15.2. The second-order valence-electron chi connectivity index (χ2n) is 6.05. The van der Waals surface area contributed by atoms with Gasteiger partial charge in [0.05, 0.1) is 4.92 Å². The summed E-state index contributed by atoms with van der Waals surface area (Å²) in [6, 6.07) is 7.81. The normalized spacial score (nSPS) is 15.4. The van der Waals surface area contributed by atoms with Gasteiger partial charge in [-0.05, 0) is 24.3 Å². The van der Waals surface area contributed by atoms with Gasteiger partial charge in [-0.15, -0.1) is 0 Å². The fourth-order valence-electron chi connectivity index (χ4n) is 2.91. The number of rotatable bonds is 4. The maximum atomic E-state index is 13.3. The van der Waals surface area contributed by atoms with Crippen LogP contribution in [0.1, 0.15) is 10.4 Å². The Hall–Kier alpha value is -2.92. The molecule has 0 unspecified atom stereocenters. The average Bonchev–Trinajstić information content (AvgIpc) is 2.69. The van der Waals surface area contributed by atoms with Gasteiger partial charge in [-0.25, -0.2) is 17.2 Å². The first kappa shape index (κ1) is 19.8. The molecule has 28 heavy (non-hydrogen) atoms. The molecule has 1 fully saturated rings. The maximum absolute atomic E-state index is 13.3. The van der Waals surface area contributed by atoms with E-state index in [-0.39, 0.29) is 31.7 Å². The van der Waals surface area contributed by atoms with Crippen molar-refractivity contribution in [2.45, 2.75) is 4.90 Å². The van der Waals surface area contributed by atoms with Crippen molar-refractivity contribution >= 4 is 21.6 Å². The number of nitro groups is 1. The van der Waals surface area contributed by atoms with Gasteiger partial charge in [0.15, 0.2) is 16.5 Å². The molecule has 2 aromatic rings. The van der Waals surface area contributed by atoms with Gasteiger partial charge in [-0.3, -0.25) is 14.9 Å². The van der Waals surface area contributed by atoms with Crippen LogP contribution in [0.2, 0.25) is 0 Å². The molecule has 0 saturated carbocycles. The molecular formula is C17H15F2N3O5S. The van der Waals surface area contributed by atoms with Gasteiger partial charge in [0.1, 0.15) is 0 Å². The number of sulfonamides is 1. The van der Waals surface area contributed by atoms with Gasteiger partial charge >= 0.3 is 0 Å². The highest BCUT2D eigenvalue weighted by Gasteiger charge is 2.34. The van der Waals surface area contributed by atoms with Gasteiger partial charge in [0, 0.05) is 37.8 Å². The molecular weight excluding hydrogens is 396 g/mol. The molecule has 0 radical (unpaired) electrons. The van der Waals surface area contributed by atoms with E-state index in [0.717, 1.165) is 34.6 Å². The Labute approximate surface area is 159 Å². The van der Waals surface area contributed by atoms with Crippen LogP contribution in [0.3, 0.4) is 0 Å². The number of hydrogen-bond donors (Lipinski definition) is 0. The lowest BCUT2D eigenvalue weighted by Gasteiger charge is -2.34. The summed E-state index contributed by atoms with van der Waals surface area (Å²) in [5.74, 6) is -2.78. The molecule has 0 aliphatic carbocycles. The maximum Gasteiger partial charge on any atom is 0.289 e. The minimum absolute atomic E-state index is 0.0116. The third-order valence-corrected chi connectivity index (χ3v) is 6.32. The molecule has 148 valence electrons. The Bertz CT molecular complexity index is 1040. The SMILES string of the molecule is O=C(c1ccc(F)c(F)c1)N1CCN(S(=O)(=O)c2ccccc2[N+](=O)[O-])CC1. The van der Waals surface area contributed by atoms with Crippen LogP contribution in [0.4, 0.5) is 14.5 Å². The Kier molecular flexibility index (Phi) is 5.38. The highest BCUT2D eigenvalue weighted by Crippen LogP contribution is 2.27. The van der Waals surface area contributed by atoms with Crippen molar-refractivity contribution in [1.29, 1.82) is 0 Å². The van der Waals surface area contributed by atoms with E-state index in [1.54, 1.807) is 0 Å². The molecule has 1 aliphatic heterocycles. The summed E-state index contributed by atoms with van der Waals surface area (Å²) in [6.07, 6.45) is 0. The number of benzene rings is 2. The second kappa shape index (κ2) is 7.60. The number of piperazine rings is 1. The van der Waals surface area contributed by atoms with Gasteiger partial charge in [-0.1, -0.05) is 12.1 Å². The molecule has 0 atom stereocenters. The molecule has 8 nitrogen and oxygen atoms in total. The fourth-order valence-corrected chi connectivity index (χ4v) is 4.49. The monoisotopic (exact) mass is 411 g/mol. The summed E-state index contributed by atoms with van der Waals surface area (Å²) < 4.78 is 52.9. The van der Waals surface area contributed by atoms with Crippen LogP contribution < -0.4 is 0 Å². The van der Waals surface area contributed by atoms with E-state index in [4.69, 9.17) is 0 Å². The number of halogens is 2. The lowest BCUT2D eigenvalue weighted by molar-refractivity contribution is -0.387. The van der Waals surface area contributed by atoms with Gasteiger partial charge in [0.25, 0.3) is 11.6 Å². The van der Waals surface area contributed by atoms with Gasteiger partial charge < -0.3 is 4.90 Å². The zero-order chi connectivity index (χ0) is 20.5. The molecule has 0 aromatic heterocycles. The predicted octanol–water partition coefficient (Wildman–Crippen LogP) is 2.02. The van der Waals surface area contributed by atoms with Crippen LogP contribution >= 0.6 is 0 Å². The van der Waals surface area contributed by atoms with Crippen LogP contribution in [-0.2, 0) is 10.0 Å². The van der Waals surface area contributed by atoms with E-state index in [1.807, 2.05) is 0 Å². The first-order valence-electron chi connectivity index (χ1n) is 8.19. The highest BCUT2D eigenvalue weighted by atomic mass is 32.2. The minimum Gasteiger partial charge on any atom is -0.336 e. The van der Waals surface area contributed by atoms with Crippen molar-refractivity contribution in [3.05, 3.63) is 69.8 Å². The predicted molar refractivity (Wildman–Crippen MR) is 94.1 cm³/mol. The van der Waals surface area contributed by atoms with E-state index in [1.165, 1.54) is 17.0 Å². The molecule has 1 amide bonds. The third kappa shape index (κ3) is 3.71. The quantitative estimate of drug-likeness (QED) is 0.566. The number of carbonyl (C=O) groups is 1. The van der Waals surface area contributed by atoms with Crippen molar-refractivity contribution in [3.63, 3.8) is 0 Å². The lowest BCUT2D eigenvalue weighted by atomic mass is 10.1. The largest absolute Gasteiger partial charge is 0.336 e. The molecule has 0 bridgehead atoms. The third-order valence-electron chi connectivity index (χ3n) is 4.37. The van der Waals surface area contributed by atoms with E-state index in [2.05, 4.69) is 0 Å². The van der Waals surface area contributed by atoms with Crippen LogP contribution in [0.15, 0.2) is 47.4 Å². The van der Waals surface area contributed by atoms with E-state index in [9.17, 15) is 32.1 Å². The smallest absolute Gasteiger partial charge is 0.289 e. The van der Waals surface area contributed by atoms with E-state index >= 15 is 0 Å². The molecule has 1 aliphatic rings. The standard InChI is InChI=1S/C17H15F2N3O5S/c18-13-6-5-12(11-14(13)19)17(23)20-7-9-21(10-8-20)28(26,27)16-4-2-1-3-15(16)22(24)25/h1-6,11H,7-10H2. The summed E-state index contributed by atoms with van der Waals surface area (Å²) in [5.41, 5.74) is -0.573. The lowest BCUT2D eigenvalue weighted by Crippen LogP contribution is -2.50. The van der Waals surface area contributed by atoms with Crippen molar-refractivity contribution in [1.82, 2.24) is 9.21 Å². The van der Waals surface area contributed by atoms with Gasteiger partial charge in [0.2, 0.25) is 10.0 Å². The summed E-state index contributed by atoms with van der Waals surface area (Å²) in [6.45, 7) is -0.136. The van der Waals surface area contributed by atoms with E-state index < -0.39 is 43.1 Å². The molecule has 0 N–H and O–H groups in total. The number of carbonyl (C=O) groups excluding carboxylic acids is 1. The average molecular weight is 411 g/mol. The number of hydrogen-bond acceptors (Lipinski definition) is 5. The Morgan fingerprint density at radius 3 is 2.25 bits per heavy atom. The number of nitrogens with zero attached hydrogens (tertiary/aromatic N) is 3. The molecule has 0 spiro atoms. The van der Waals surface area contributed by atoms with Crippen molar-refractivity contribution in [2.75, 3.05) is 26.2 Å². The molecule has 11 heteroatoms. The summed E-state index contributed by atoms with van der Waals surface area (Å²) in [7, 11) is -4.12. The molecule has 2 aromatic carbocycles. The van der Waals surface area contributed by atoms with Crippen molar-refractivity contribution in [2.24, 2.45) is 0 Å². The first-order chi connectivity index (χ1) is 13.2. The molecule has 1 heterocycles. The summed E-state index contributed by atoms with van der Waals surface area (Å²) in [4.78, 5) is 23.7. The zero-order valence-electron chi connectivity index (χ0n) is 14.4. The summed E-state index contributed by atoms with van der Waals surface area (Å²) in [5, 5.41) is 11.1. The van der Waals surface area contributed by atoms with E-state index in [0.29, 0.717) is 0 Å². The highest BCUT2D eigenvalue weighted by molar-refractivity contribution is 7.89. The Balaban J connectivity index is 1.75.